The summed E-state index contributed by atoms with van der Waals surface area (Å²) in [4.78, 5) is 21.3. The molecule has 0 aliphatic rings. The number of nitro groups is 1. The molecule has 1 N–H and O–H groups in total. The predicted octanol–water partition coefficient (Wildman–Crippen LogP) is 1.38. The van der Waals surface area contributed by atoms with E-state index in [0.717, 1.165) is 0 Å². The first kappa shape index (κ1) is 10.2. The van der Waals surface area contributed by atoms with Crippen molar-refractivity contribution in [2.45, 2.75) is 6.92 Å². The van der Waals surface area contributed by atoms with Gasteiger partial charge >= 0.3 is 0 Å². The fourth-order valence-electron chi connectivity index (χ4n) is 1.38. The number of non-ortho nitro benzene ring substituents is 1. The van der Waals surface area contributed by atoms with Gasteiger partial charge in [0.05, 0.1) is 10.6 Å². The summed E-state index contributed by atoms with van der Waals surface area (Å²) in [5, 5.41) is 13.1. The zero-order valence-electron chi connectivity index (χ0n) is 8.51. The first-order chi connectivity index (χ1) is 7.58. The molecule has 1 aromatic heterocycles. The fourth-order valence-corrected chi connectivity index (χ4v) is 1.38. The summed E-state index contributed by atoms with van der Waals surface area (Å²) in [6.07, 6.45) is 1.60. The first-order valence-electron chi connectivity index (χ1n) is 4.61. The lowest BCUT2D eigenvalue weighted by molar-refractivity contribution is -0.384. The molecular weight excluding hydrogens is 210 g/mol. The summed E-state index contributed by atoms with van der Waals surface area (Å²) in [7, 11) is 0. The van der Waals surface area contributed by atoms with Gasteiger partial charge in [0.15, 0.2) is 0 Å². The van der Waals surface area contributed by atoms with Gasteiger partial charge in [0.25, 0.3) is 11.2 Å². The van der Waals surface area contributed by atoms with Gasteiger partial charge in [-0.2, -0.15) is 0 Å². The minimum absolute atomic E-state index is 0.00954. The van der Waals surface area contributed by atoms with Crippen LogP contribution in [0.25, 0.3) is 5.69 Å². The van der Waals surface area contributed by atoms with E-state index in [1.54, 1.807) is 25.3 Å². The highest BCUT2D eigenvalue weighted by Gasteiger charge is 2.07. The van der Waals surface area contributed by atoms with Crippen LogP contribution in [0.1, 0.15) is 5.56 Å². The van der Waals surface area contributed by atoms with Crippen LogP contribution in [-0.2, 0) is 0 Å². The van der Waals surface area contributed by atoms with Crippen molar-refractivity contribution >= 4 is 5.69 Å². The topological polar surface area (TPSA) is 80.9 Å². The molecule has 2 aromatic rings. The third-order valence-corrected chi connectivity index (χ3v) is 2.22. The number of hydrogen-bond acceptors (Lipinski definition) is 3. The normalized spacial score (nSPS) is 10.3. The van der Waals surface area contributed by atoms with Crippen LogP contribution in [0.5, 0.6) is 0 Å². The van der Waals surface area contributed by atoms with Crippen molar-refractivity contribution in [1.82, 2.24) is 9.78 Å². The smallest absolute Gasteiger partial charge is 0.268 e. The molecule has 6 heteroatoms. The molecular formula is C10H9N3O3. The lowest BCUT2D eigenvalue weighted by Gasteiger charge is -2.00. The second-order valence-corrected chi connectivity index (χ2v) is 3.40. The molecule has 0 bridgehead atoms. The number of benzene rings is 1. The Morgan fingerprint density at radius 2 is 2.19 bits per heavy atom. The highest BCUT2D eigenvalue weighted by Crippen LogP contribution is 2.15. The summed E-state index contributed by atoms with van der Waals surface area (Å²) >= 11 is 0. The van der Waals surface area contributed by atoms with Crippen LogP contribution in [0.15, 0.2) is 35.3 Å². The van der Waals surface area contributed by atoms with E-state index in [-0.39, 0.29) is 11.2 Å². The standard InChI is InChI=1S/C10H9N3O3/c1-7-6-12(11-10(7)14)8-3-2-4-9(5-8)13(15)16/h2-6H,1H3,(H,11,14). The Morgan fingerprint density at radius 3 is 2.75 bits per heavy atom. The van der Waals surface area contributed by atoms with Crippen molar-refractivity contribution in [1.29, 1.82) is 0 Å². The monoisotopic (exact) mass is 219 g/mol. The van der Waals surface area contributed by atoms with Crippen molar-refractivity contribution in [3.05, 3.63) is 56.5 Å². The average molecular weight is 219 g/mol. The van der Waals surface area contributed by atoms with Crippen LogP contribution in [0.2, 0.25) is 0 Å². The van der Waals surface area contributed by atoms with Gasteiger partial charge in [0.2, 0.25) is 0 Å². The molecule has 1 heterocycles. The van der Waals surface area contributed by atoms with Crippen LogP contribution in [0.3, 0.4) is 0 Å². The van der Waals surface area contributed by atoms with Crippen molar-refractivity contribution in [3.63, 3.8) is 0 Å². The number of nitro benzene ring substituents is 1. The second-order valence-electron chi connectivity index (χ2n) is 3.40. The fraction of sp³-hybridized carbons (Fsp3) is 0.100. The van der Waals surface area contributed by atoms with E-state index in [1.165, 1.54) is 16.8 Å². The summed E-state index contributed by atoms with van der Waals surface area (Å²) in [5.41, 5.74) is 0.905. The number of nitrogens with one attached hydrogen (secondary N) is 1. The Balaban J connectivity index is 2.52. The molecule has 1 aromatic carbocycles. The van der Waals surface area contributed by atoms with Crippen LogP contribution in [0.4, 0.5) is 5.69 Å². The number of rotatable bonds is 2. The van der Waals surface area contributed by atoms with Crippen LogP contribution >= 0.6 is 0 Å². The average Bonchev–Trinajstić information content (AvgIpc) is 2.59. The Bertz CT molecular complexity index is 597. The summed E-state index contributed by atoms with van der Waals surface area (Å²) in [6.45, 7) is 1.67. The van der Waals surface area contributed by atoms with Crippen LogP contribution in [0, 0.1) is 17.0 Å². The molecule has 0 amide bonds. The molecule has 82 valence electrons. The van der Waals surface area contributed by atoms with E-state index >= 15 is 0 Å². The lowest BCUT2D eigenvalue weighted by atomic mass is 10.3. The van der Waals surface area contributed by atoms with Crippen molar-refractivity contribution in [2.75, 3.05) is 0 Å². The number of H-pyrrole nitrogens is 1. The molecule has 0 fully saturated rings. The first-order valence-corrected chi connectivity index (χ1v) is 4.61. The number of aryl methyl sites for hydroxylation is 1. The molecule has 2 rings (SSSR count). The Kier molecular flexibility index (Phi) is 2.32. The predicted molar refractivity (Wildman–Crippen MR) is 57.8 cm³/mol. The number of aromatic nitrogens is 2. The molecule has 0 unspecified atom stereocenters. The zero-order valence-corrected chi connectivity index (χ0v) is 8.51. The molecule has 0 spiro atoms. The maximum Gasteiger partial charge on any atom is 0.271 e. The third-order valence-electron chi connectivity index (χ3n) is 2.22. The number of nitrogens with zero attached hydrogens (tertiary/aromatic N) is 2. The van der Waals surface area contributed by atoms with E-state index in [4.69, 9.17) is 0 Å². The maximum atomic E-state index is 11.2. The van der Waals surface area contributed by atoms with E-state index in [0.29, 0.717) is 11.3 Å². The van der Waals surface area contributed by atoms with E-state index in [9.17, 15) is 14.9 Å². The van der Waals surface area contributed by atoms with Gasteiger partial charge in [-0.15, -0.1) is 0 Å². The molecule has 0 aliphatic carbocycles. The summed E-state index contributed by atoms with van der Waals surface area (Å²) in [6, 6.07) is 6.05. The quantitative estimate of drug-likeness (QED) is 0.612. The zero-order chi connectivity index (χ0) is 11.7. The van der Waals surface area contributed by atoms with Gasteiger partial charge in [-0.3, -0.25) is 24.7 Å². The van der Waals surface area contributed by atoms with E-state index < -0.39 is 4.92 Å². The van der Waals surface area contributed by atoms with E-state index in [2.05, 4.69) is 5.10 Å². The van der Waals surface area contributed by atoms with Gasteiger partial charge < -0.3 is 0 Å². The van der Waals surface area contributed by atoms with E-state index in [1.807, 2.05) is 0 Å². The SMILES string of the molecule is Cc1cn(-c2cccc([N+](=O)[O-])c2)[nH]c1=O. The highest BCUT2D eigenvalue weighted by molar-refractivity contribution is 5.42. The molecule has 0 radical (unpaired) electrons. The summed E-state index contributed by atoms with van der Waals surface area (Å²) in [5.74, 6) is 0. The van der Waals surface area contributed by atoms with Gasteiger partial charge in [-0.25, -0.2) is 0 Å². The Hall–Kier alpha value is -2.37. The highest BCUT2D eigenvalue weighted by atomic mass is 16.6. The number of aromatic amines is 1. The largest absolute Gasteiger partial charge is 0.271 e. The molecule has 16 heavy (non-hydrogen) atoms. The number of hydrogen-bond donors (Lipinski definition) is 1. The van der Waals surface area contributed by atoms with Gasteiger partial charge in [0.1, 0.15) is 0 Å². The van der Waals surface area contributed by atoms with Crippen molar-refractivity contribution < 1.29 is 4.92 Å². The third kappa shape index (κ3) is 1.72. The Morgan fingerprint density at radius 1 is 1.44 bits per heavy atom. The van der Waals surface area contributed by atoms with Crippen molar-refractivity contribution in [2.24, 2.45) is 0 Å². The molecule has 0 saturated carbocycles. The lowest BCUT2D eigenvalue weighted by Crippen LogP contribution is -2.05. The van der Waals surface area contributed by atoms with Gasteiger partial charge in [-0.1, -0.05) is 6.07 Å². The second kappa shape index (κ2) is 3.65. The molecule has 6 nitrogen and oxygen atoms in total. The van der Waals surface area contributed by atoms with Gasteiger partial charge in [-0.05, 0) is 13.0 Å². The van der Waals surface area contributed by atoms with Crippen molar-refractivity contribution in [3.8, 4) is 5.69 Å². The molecule has 0 saturated heterocycles. The minimum atomic E-state index is -0.474. The Labute approximate surface area is 90.3 Å². The molecule has 0 aliphatic heterocycles. The van der Waals surface area contributed by atoms with Crippen LogP contribution < -0.4 is 5.56 Å². The minimum Gasteiger partial charge on any atom is -0.268 e. The van der Waals surface area contributed by atoms with Gasteiger partial charge in [0, 0.05) is 23.9 Å². The maximum absolute atomic E-state index is 11.2. The summed E-state index contributed by atoms with van der Waals surface area (Å²) < 4.78 is 1.46. The molecule has 0 atom stereocenters. The van der Waals surface area contributed by atoms with Crippen LogP contribution in [-0.4, -0.2) is 14.7 Å².